The predicted octanol–water partition coefficient (Wildman–Crippen LogP) is 4.09. The molecular formula is C33H40N4O6S. The number of hydrogen-bond donors (Lipinski definition) is 3. The Hall–Kier alpha value is -3.93. The Morgan fingerprint density at radius 2 is 1.55 bits per heavy atom. The van der Waals surface area contributed by atoms with Gasteiger partial charge in [0.05, 0.1) is 17.2 Å². The Labute approximate surface area is 259 Å². The zero-order valence-electron chi connectivity index (χ0n) is 24.7. The number of nitrogens with zero attached hydrogens (tertiary/aromatic N) is 2. The van der Waals surface area contributed by atoms with E-state index in [2.05, 4.69) is 14.9 Å². The lowest BCUT2D eigenvalue weighted by molar-refractivity contribution is -0.135. The van der Waals surface area contributed by atoms with Crippen molar-refractivity contribution in [2.24, 2.45) is 5.92 Å². The third-order valence-corrected chi connectivity index (χ3v) is 9.68. The van der Waals surface area contributed by atoms with Crippen LogP contribution in [0.15, 0.2) is 83.8 Å². The average molecular weight is 621 g/mol. The fourth-order valence-corrected chi connectivity index (χ4v) is 6.78. The molecule has 2 aliphatic rings. The SMILES string of the molecule is O=C(N[C@H](CO)C(=O)N1CCC(CCN2CCCC2)CC1)c1ccc(S(=O)(=O)Nc2ccccc2Oc2ccccc2)cc1. The number of para-hydroxylation sites is 3. The van der Waals surface area contributed by atoms with Gasteiger partial charge < -0.3 is 25.0 Å². The molecule has 0 unspecified atom stereocenters. The highest BCUT2D eigenvalue weighted by Crippen LogP contribution is 2.31. The number of nitrogens with one attached hydrogen (secondary N) is 2. The molecule has 3 aromatic carbocycles. The molecule has 0 spiro atoms. The van der Waals surface area contributed by atoms with Crippen LogP contribution < -0.4 is 14.8 Å². The molecule has 2 amide bonds. The van der Waals surface area contributed by atoms with E-state index in [4.69, 9.17) is 4.74 Å². The summed E-state index contributed by atoms with van der Waals surface area (Å²) in [4.78, 5) is 30.2. The lowest BCUT2D eigenvalue weighted by atomic mass is 9.93. The first-order valence-corrected chi connectivity index (χ1v) is 16.7. The number of carbonyl (C=O) groups is 2. The van der Waals surface area contributed by atoms with Crippen LogP contribution in [0.1, 0.15) is 42.5 Å². The van der Waals surface area contributed by atoms with Crippen molar-refractivity contribution in [1.82, 2.24) is 15.1 Å². The third-order valence-electron chi connectivity index (χ3n) is 8.29. The van der Waals surface area contributed by atoms with Crippen molar-refractivity contribution in [2.45, 2.75) is 43.0 Å². The second-order valence-corrected chi connectivity index (χ2v) is 13.0. The molecule has 0 aromatic heterocycles. The maximum atomic E-state index is 13.2. The van der Waals surface area contributed by atoms with Gasteiger partial charge in [-0.05, 0) is 106 Å². The molecule has 0 bridgehead atoms. The van der Waals surface area contributed by atoms with Gasteiger partial charge in [0.25, 0.3) is 15.9 Å². The smallest absolute Gasteiger partial charge is 0.262 e. The van der Waals surface area contributed by atoms with Gasteiger partial charge in [-0.25, -0.2) is 8.42 Å². The van der Waals surface area contributed by atoms with Gasteiger partial charge in [-0.3, -0.25) is 14.3 Å². The summed E-state index contributed by atoms with van der Waals surface area (Å²) < 4.78 is 34.7. The number of hydrogen-bond acceptors (Lipinski definition) is 7. The first-order valence-electron chi connectivity index (χ1n) is 15.2. The van der Waals surface area contributed by atoms with Crippen molar-refractivity contribution in [3.05, 3.63) is 84.4 Å². The number of carbonyl (C=O) groups excluding carboxylic acids is 2. The first kappa shape index (κ1) is 31.5. The molecule has 3 N–H and O–H groups in total. The summed E-state index contributed by atoms with van der Waals surface area (Å²) in [6, 6.07) is 20.0. The van der Waals surface area contributed by atoms with Crippen LogP contribution in [0.3, 0.4) is 0 Å². The van der Waals surface area contributed by atoms with Crippen LogP contribution in [-0.4, -0.2) is 80.5 Å². The van der Waals surface area contributed by atoms with Crippen molar-refractivity contribution in [1.29, 1.82) is 0 Å². The van der Waals surface area contributed by atoms with E-state index in [9.17, 15) is 23.1 Å². The number of rotatable bonds is 12. The van der Waals surface area contributed by atoms with Crippen LogP contribution in [0.4, 0.5) is 5.69 Å². The number of ether oxygens (including phenoxy) is 1. The molecule has 3 aromatic rings. The molecule has 0 aliphatic carbocycles. The standard InChI is InChI=1S/C33H40N4O6S/c38-24-30(33(40)37-22-17-25(18-23-37)16-21-36-19-6-7-20-36)34-32(39)26-12-14-28(15-13-26)44(41,42)35-29-10-4-5-11-31(29)43-27-8-2-1-3-9-27/h1-5,8-15,25,30,35,38H,6-7,16-24H2,(H,34,39)/t30-/m1/s1. The molecule has 2 fully saturated rings. The summed E-state index contributed by atoms with van der Waals surface area (Å²) >= 11 is 0. The Balaban J connectivity index is 1.15. The summed E-state index contributed by atoms with van der Waals surface area (Å²) in [7, 11) is -4.01. The van der Waals surface area contributed by atoms with Gasteiger partial charge in [-0.2, -0.15) is 0 Å². The molecule has 11 heteroatoms. The lowest BCUT2D eigenvalue weighted by Gasteiger charge is -2.34. The van der Waals surface area contributed by atoms with Crippen molar-refractivity contribution >= 4 is 27.5 Å². The van der Waals surface area contributed by atoms with Crippen LogP contribution in [-0.2, 0) is 14.8 Å². The Bertz CT molecular complexity index is 1500. The van der Waals surface area contributed by atoms with Gasteiger partial charge in [0.1, 0.15) is 11.8 Å². The molecule has 0 radical (unpaired) electrons. The fraction of sp³-hybridized carbons (Fsp3) is 0.394. The van der Waals surface area contributed by atoms with E-state index in [-0.39, 0.29) is 22.1 Å². The van der Waals surface area contributed by atoms with E-state index in [1.165, 1.54) is 50.2 Å². The molecule has 10 nitrogen and oxygen atoms in total. The number of aliphatic hydroxyl groups excluding tert-OH is 1. The molecule has 1 atom stereocenters. The largest absolute Gasteiger partial charge is 0.455 e. The quantitative estimate of drug-likeness (QED) is 0.278. The van der Waals surface area contributed by atoms with Gasteiger partial charge in [-0.15, -0.1) is 0 Å². The van der Waals surface area contributed by atoms with Crippen molar-refractivity contribution in [3.63, 3.8) is 0 Å². The minimum Gasteiger partial charge on any atom is -0.455 e. The predicted molar refractivity (Wildman–Crippen MR) is 168 cm³/mol. The summed E-state index contributed by atoms with van der Waals surface area (Å²) in [6.45, 7) is 4.16. The highest BCUT2D eigenvalue weighted by atomic mass is 32.2. The maximum absolute atomic E-state index is 13.2. The molecule has 5 rings (SSSR count). The van der Waals surface area contributed by atoms with Crippen LogP contribution in [0.25, 0.3) is 0 Å². The Morgan fingerprint density at radius 1 is 0.886 bits per heavy atom. The van der Waals surface area contributed by atoms with Crippen LogP contribution in [0, 0.1) is 5.92 Å². The summed E-state index contributed by atoms with van der Waals surface area (Å²) in [5.41, 5.74) is 0.432. The number of piperidine rings is 1. The van der Waals surface area contributed by atoms with Gasteiger partial charge >= 0.3 is 0 Å². The molecule has 234 valence electrons. The van der Waals surface area contributed by atoms with E-state index in [1.54, 1.807) is 41.3 Å². The molecule has 2 heterocycles. The average Bonchev–Trinajstić information content (AvgIpc) is 3.58. The maximum Gasteiger partial charge on any atom is 0.262 e. The molecule has 2 saturated heterocycles. The number of sulfonamides is 1. The van der Waals surface area contributed by atoms with E-state index >= 15 is 0 Å². The third kappa shape index (κ3) is 8.16. The summed E-state index contributed by atoms with van der Waals surface area (Å²) in [5, 5.41) is 12.5. The Morgan fingerprint density at radius 3 is 2.23 bits per heavy atom. The molecular weight excluding hydrogens is 580 g/mol. The molecule has 2 aliphatic heterocycles. The van der Waals surface area contributed by atoms with E-state index in [0.717, 1.165) is 25.8 Å². The number of aliphatic hydroxyl groups is 1. The highest BCUT2D eigenvalue weighted by Gasteiger charge is 2.29. The molecule has 0 saturated carbocycles. The Kier molecular flexibility index (Phi) is 10.5. The van der Waals surface area contributed by atoms with Gasteiger partial charge in [0.15, 0.2) is 5.75 Å². The summed E-state index contributed by atoms with van der Waals surface area (Å²) in [5.74, 6) is 0.599. The fourth-order valence-electron chi connectivity index (χ4n) is 5.71. The van der Waals surface area contributed by atoms with Crippen LogP contribution in [0.2, 0.25) is 0 Å². The van der Waals surface area contributed by atoms with Crippen LogP contribution >= 0.6 is 0 Å². The normalized spacial score (nSPS) is 16.8. The topological polar surface area (TPSA) is 128 Å². The number of likely N-dealkylation sites (tertiary alicyclic amines) is 2. The van der Waals surface area contributed by atoms with E-state index in [1.807, 2.05) is 18.2 Å². The number of amides is 2. The number of benzene rings is 3. The first-order chi connectivity index (χ1) is 21.3. The van der Waals surface area contributed by atoms with Gasteiger partial charge in [-0.1, -0.05) is 30.3 Å². The lowest BCUT2D eigenvalue weighted by Crippen LogP contribution is -2.52. The van der Waals surface area contributed by atoms with Crippen LogP contribution in [0.5, 0.6) is 11.5 Å². The number of anilines is 1. The summed E-state index contributed by atoms with van der Waals surface area (Å²) in [6.07, 6.45) is 5.53. The van der Waals surface area contributed by atoms with Crippen molar-refractivity contribution in [3.8, 4) is 11.5 Å². The zero-order valence-corrected chi connectivity index (χ0v) is 25.5. The van der Waals surface area contributed by atoms with E-state index in [0.29, 0.717) is 30.5 Å². The minimum atomic E-state index is -4.01. The van der Waals surface area contributed by atoms with Crippen molar-refractivity contribution < 1.29 is 27.9 Å². The molecule has 44 heavy (non-hydrogen) atoms. The van der Waals surface area contributed by atoms with E-state index < -0.39 is 28.6 Å². The highest BCUT2D eigenvalue weighted by molar-refractivity contribution is 7.92. The zero-order chi connectivity index (χ0) is 30.9. The second-order valence-electron chi connectivity index (χ2n) is 11.4. The van der Waals surface area contributed by atoms with Crippen molar-refractivity contribution in [2.75, 3.05) is 44.1 Å². The second kappa shape index (κ2) is 14.7. The van der Waals surface area contributed by atoms with Gasteiger partial charge in [0.2, 0.25) is 5.91 Å². The monoisotopic (exact) mass is 620 g/mol. The van der Waals surface area contributed by atoms with Gasteiger partial charge in [0, 0.05) is 18.7 Å². The minimum absolute atomic E-state index is 0.0500.